The molecule has 0 bridgehead atoms. The van der Waals surface area contributed by atoms with Crippen molar-refractivity contribution in [1.29, 1.82) is 0 Å². The van der Waals surface area contributed by atoms with E-state index >= 15 is 0 Å². The molecule has 2 aromatic rings. The lowest BCUT2D eigenvalue weighted by atomic mass is 10.3. The quantitative estimate of drug-likeness (QED) is 0.716. The third kappa shape index (κ3) is 5.73. The van der Waals surface area contributed by atoms with E-state index < -0.39 is 39.9 Å². The first-order valence-electron chi connectivity index (χ1n) is 8.22. The molecule has 0 spiro atoms. The van der Waals surface area contributed by atoms with E-state index in [0.717, 1.165) is 12.1 Å². The molecule has 0 saturated heterocycles. The van der Waals surface area contributed by atoms with Crippen molar-refractivity contribution in [1.82, 2.24) is 4.72 Å². The molecule has 0 unspecified atom stereocenters. The number of rotatable bonds is 8. The van der Waals surface area contributed by atoms with Crippen molar-refractivity contribution in [2.75, 3.05) is 11.9 Å². The van der Waals surface area contributed by atoms with E-state index in [4.69, 9.17) is 4.74 Å². The highest BCUT2D eigenvalue weighted by molar-refractivity contribution is 7.89. The number of halogens is 2. The van der Waals surface area contributed by atoms with E-state index in [1.807, 2.05) is 6.92 Å². The number of para-hydroxylation sites is 1. The average molecular weight is 398 g/mol. The molecular formula is C18H20F2N2O4S. The van der Waals surface area contributed by atoms with Gasteiger partial charge in [-0.15, -0.1) is 0 Å². The van der Waals surface area contributed by atoms with Crippen LogP contribution in [0, 0.1) is 11.6 Å². The minimum atomic E-state index is -3.64. The van der Waals surface area contributed by atoms with Crippen LogP contribution in [0.1, 0.15) is 20.3 Å². The number of hydrogen-bond acceptors (Lipinski definition) is 4. The normalized spacial score (nSPS) is 12.4. The standard InChI is InChI=1S/C18H20F2N2O4S/c1-3-12(2)22-27(24,25)14-9-7-13(8-10-14)26-11-17(23)21-18-15(19)5-4-6-16(18)20/h4-10,12,22H,3,11H2,1-2H3,(H,21,23)/t12-/m0/s1. The van der Waals surface area contributed by atoms with Gasteiger partial charge >= 0.3 is 0 Å². The van der Waals surface area contributed by atoms with Gasteiger partial charge in [0.15, 0.2) is 6.61 Å². The number of anilines is 1. The lowest BCUT2D eigenvalue weighted by molar-refractivity contribution is -0.118. The highest BCUT2D eigenvalue weighted by Gasteiger charge is 2.17. The van der Waals surface area contributed by atoms with Crippen LogP contribution in [0.2, 0.25) is 0 Å². The van der Waals surface area contributed by atoms with Crippen LogP contribution in [-0.4, -0.2) is 27.0 Å². The van der Waals surface area contributed by atoms with Crippen LogP contribution in [0.3, 0.4) is 0 Å². The molecule has 0 aliphatic rings. The number of nitrogens with one attached hydrogen (secondary N) is 2. The van der Waals surface area contributed by atoms with Crippen LogP contribution in [0.5, 0.6) is 5.75 Å². The first kappa shape index (κ1) is 20.8. The molecule has 6 nitrogen and oxygen atoms in total. The largest absolute Gasteiger partial charge is 0.484 e. The maximum atomic E-state index is 13.5. The van der Waals surface area contributed by atoms with Gasteiger partial charge in [0.05, 0.1) is 4.90 Å². The molecule has 146 valence electrons. The van der Waals surface area contributed by atoms with E-state index in [9.17, 15) is 22.0 Å². The average Bonchev–Trinajstić information content (AvgIpc) is 2.63. The summed E-state index contributed by atoms with van der Waals surface area (Å²) < 4.78 is 59.0. The van der Waals surface area contributed by atoms with Crippen molar-refractivity contribution in [2.24, 2.45) is 0 Å². The third-order valence-electron chi connectivity index (χ3n) is 3.70. The molecule has 0 saturated carbocycles. The summed E-state index contributed by atoms with van der Waals surface area (Å²) in [6.45, 7) is 3.12. The summed E-state index contributed by atoms with van der Waals surface area (Å²) in [4.78, 5) is 11.9. The molecule has 2 N–H and O–H groups in total. The van der Waals surface area contributed by atoms with Crippen LogP contribution < -0.4 is 14.8 Å². The van der Waals surface area contributed by atoms with Crippen LogP contribution in [0.15, 0.2) is 47.4 Å². The Balaban J connectivity index is 1.96. The van der Waals surface area contributed by atoms with Gasteiger partial charge in [0.2, 0.25) is 10.0 Å². The van der Waals surface area contributed by atoms with Gasteiger partial charge in [0.1, 0.15) is 23.1 Å². The fourth-order valence-electron chi connectivity index (χ4n) is 2.07. The minimum Gasteiger partial charge on any atom is -0.484 e. The minimum absolute atomic E-state index is 0.0630. The number of sulfonamides is 1. The number of ether oxygens (including phenoxy) is 1. The zero-order valence-corrected chi connectivity index (χ0v) is 15.6. The summed E-state index contributed by atoms with van der Waals surface area (Å²) in [6, 6.07) is 8.49. The molecule has 0 heterocycles. The molecule has 1 atom stereocenters. The van der Waals surface area contributed by atoms with Crippen LogP contribution in [0.25, 0.3) is 0 Å². The van der Waals surface area contributed by atoms with Gasteiger partial charge in [-0.1, -0.05) is 13.0 Å². The first-order chi connectivity index (χ1) is 12.7. The molecule has 2 rings (SSSR count). The van der Waals surface area contributed by atoms with Crippen molar-refractivity contribution in [3.63, 3.8) is 0 Å². The SMILES string of the molecule is CC[C@H](C)NS(=O)(=O)c1ccc(OCC(=O)Nc2c(F)cccc2F)cc1. The molecule has 27 heavy (non-hydrogen) atoms. The Kier molecular flexibility index (Phi) is 6.86. The predicted molar refractivity (Wildman–Crippen MR) is 97.0 cm³/mol. The van der Waals surface area contributed by atoms with Crippen molar-refractivity contribution in [3.05, 3.63) is 54.1 Å². The van der Waals surface area contributed by atoms with Crippen molar-refractivity contribution < 1.29 is 26.7 Å². The number of benzene rings is 2. The van der Waals surface area contributed by atoms with E-state index in [1.54, 1.807) is 6.92 Å². The van der Waals surface area contributed by atoms with E-state index in [2.05, 4.69) is 10.0 Å². The van der Waals surface area contributed by atoms with Crippen LogP contribution in [0.4, 0.5) is 14.5 Å². The van der Waals surface area contributed by atoms with Crippen molar-refractivity contribution in [3.8, 4) is 5.75 Å². The second-order valence-electron chi connectivity index (χ2n) is 5.84. The molecule has 9 heteroatoms. The zero-order valence-electron chi connectivity index (χ0n) is 14.8. The Labute approximate surface area is 156 Å². The lowest BCUT2D eigenvalue weighted by Gasteiger charge is -2.12. The number of hydrogen-bond donors (Lipinski definition) is 2. The monoisotopic (exact) mass is 398 g/mol. The smallest absolute Gasteiger partial charge is 0.262 e. The zero-order chi connectivity index (χ0) is 20.0. The third-order valence-corrected chi connectivity index (χ3v) is 5.31. The maximum Gasteiger partial charge on any atom is 0.262 e. The summed E-state index contributed by atoms with van der Waals surface area (Å²) in [5.74, 6) is -2.31. The van der Waals surface area contributed by atoms with Gasteiger partial charge in [0.25, 0.3) is 5.91 Å². The highest BCUT2D eigenvalue weighted by Crippen LogP contribution is 2.19. The van der Waals surface area contributed by atoms with Crippen molar-refractivity contribution in [2.45, 2.75) is 31.2 Å². The fourth-order valence-corrected chi connectivity index (χ4v) is 3.40. The Morgan fingerprint density at radius 3 is 2.26 bits per heavy atom. The summed E-state index contributed by atoms with van der Waals surface area (Å²) in [5.41, 5.74) is -0.552. The van der Waals surface area contributed by atoms with Gasteiger partial charge in [-0.25, -0.2) is 21.9 Å². The van der Waals surface area contributed by atoms with Crippen molar-refractivity contribution >= 4 is 21.6 Å². The van der Waals surface area contributed by atoms with E-state index in [-0.39, 0.29) is 16.7 Å². The molecule has 2 aromatic carbocycles. The van der Waals surface area contributed by atoms with E-state index in [0.29, 0.717) is 6.42 Å². The number of amides is 1. The molecule has 0 aromatic heterocycles. The maximum absolute atomic E-state index is 13.5. The Morgan fingerprint density at radius 1 is 1.11 bits per heavy atom. The number of carbonyl (C=O) groups is 1. The van der Waals surface area contributed by atoms with Crippen LogP contribution >= 0.6 is 0 Å². The Bertz CT molecular complexity index is 882. The predicted octanol–water partition coefficient (Wildman–Crippen LogP) is 3.06. The molecule has 0 radical (unpaired) electrons. The Morgan fingerprint density at radius 2 is 1.70 bits per heavy atom. The van der Waals surface area contributed by atoms with Crippen LogP contribution in [-0.2, 0) is 14.8 Å². The summed E-state index contributed by atoms with van der Waals surface area (Å²) in [6.07, 6.45) is 0.651. The fraction of sp³-hybridized carbons (Fsp3) is 0.278. The molecule has 0 fully saturated rings. The van der Waals surface area contributed by atoms with E-state index in [1.165, 1.54) is 30.3 Å². The van der Waals surface area contributed by atoms with Gasteiger partial charge in [-0.3, -0.25) is 4.79 Å². The van der Waals surface area contributed by atoms with Gasteiger partial charge < -0.3 is 10.1 Å². The Hall–Kier alpha value is -2.52. The lowest BCUT2D eigenvalue weighted by Crippen LogP contribution is -2.31. The van der Waals surface area contributed by atoms with Gasteiger partial charge in [-0.2, -0.15) is 0 Å². The number of carbonyl (C=O) groups excluding carboxylic acids is 1. The molecular weight excluding hydrogens is 378 g/mol. The summed E-state index contributed by atoms with van der Waals surface area (Å²) >= 11 is 0. The van der Waals surface area contributed by atoms with Gasteiger partial charge in [-0.05, 0) is 49.7 Å². The summed E-state index contributed by atoms with van der Waals surface area (Å²) in [5, 5.41) is 2.09. The molecule has 0 aliphatic carbocycles. The first-order valence-corrected chi connectivity index (χ1v) is 9.70. The summed E-state index contributed by atoms with van der Waals surface area (Å²) in [7, 11) is -3.64. The second-order valence-corrected chi connectivity index (χ2v) is 7.55. The molecule has 1 amide bonds. The second kappa shape index (κ2) is 8.92. The van der Waals surface area contributed by atoms with Gasteiger partial charge in [0, 0.05) is 6.04 Å². The molecule has 0 aliphatic heterocycles. The topological polar surface area (TPSA) is 84.5 Å². The highest BCUT2D eigenvalue weighted by atomic mass is 32.2.